The van der Waals surface area contributed by atoms with E-state index in [-0.39, 0.29) is 0 Å². The van der Waals surface area contributed by atoms with Crippen LogP contribution in [0.4, 0.5) is 0 Å². The summed E-state index contributed by atoms with van der Waals surface area (Å²) in [7, 11) is 1.73. The average Bonchev–Trinajstić information content (AvgIpc) is 2.90. The van der Waals surface area contributed by atoms with E-state index in [1.165, 1.54) is 16.5 Å². The Morgan fingerprint density at radius 1 is 1.20 bits per heavy atom. The topological polar surface area (TPSA) is 25.2 Å². The first-order valence-corrected chi connectivity index (χ1v) is 8.53. The molecule has 0 aliphatic carbocycles. The van der Waals surface area contributed by atoms with E-state index in [4.69, 9.17) is 0 Å². The van der Waals surface area contributed by atoms with Gasteiger partial charge in [0.05, 0.1) is 20.8 Å². The summed E-state index contributed by atoms with van der Waals surface area (Å²) in [6.07, 6.45) is 0. The molecule has 0 radical (unpaired) electrons. The largest absolute Gasteiger partial charge is 0.289 e. The van der Waals surface area contributed by atoms with Crippen molar-refractivity contribution in [3.05, 3.63) is 41.3 Å². The highest BCUT2D eigenvalue weighted by Crippen LogP contribution is 2.19. The quantitative estimate of drug-likeness (QED) is 0.489. The predicted octanol–water partition coefficient (Wildman–Crippen LogP) is 6.18. The highest BCUT2D eigenvalue weighted by molar-refractivity contribution is 8.14. The molecule has 2 nitrogen and oxygen atoms in total. The normalized spacial score (nSPS) is 8.70. The molecule has 0 saturated heterocycles. The molecule has 20 heavy (non-hydrogen) atoms. The van der Waals surface area contributed by atoms with E-state index >= 15 is 0 Å². The Bertz CT molecular complexity index is 443. The highest BCUT2D eigenvalue weighted by atomic mass is 32.2. The van der Waals surface area contributed by atoms with E-state index in [2.05, 4.69) is 22.6 Å². The van der Waals surface area contributed by atoms with Crippen LogP contribution in [0.5, 0.6) is 0 Å². The first-order chi connectivity index (χ1) is 9.77. The summed E-state index contributed by atoms with van der Waals surface area (Å²) in [6, 6.07) is 8.19. The average molecular weight is 311 g/mol. The van der Waals surface area contributed by atoms with Crippen molar-refractivity contribution in [2.75, 3.05) is 7.05 Å². The van der Waals surface area contributed by atoms with E-state index in [0.717, 1.165) is 10.5 Å². The van der Waals surface area contributed by atoms with Crippen molar-refractivity contribution >= 4 is 38.9 Å². The Hall–Kier alpha value is -1.13. The number of hydrogen-bond acceptors (Lipinski definition) is 4. The number of aryl methyl sites for hydroxylation is 1. The van der Waals surface area contributed by atoms with E-state index in [9.17, 15) is 0 Å². The fraction of sp³-hybridized carbons (Fsp3) is 0.375. The van der Waals surface area contributed by atoms with Crippen LogP contribution in [-0.4, -0.2) is 17.6 Å². The van der Waals surface area contributed by atoms with Crippen molar-refractivity contribution in [1.82, 2.24) is 4.98 Å². The van der Waals surface area contributed by atoms with Gasteiger partial charge in [-0.1, -0.05) is 58.2 Å². The second-order valence-corrected chi connectivity index (χ2v) is 4.92. The number of aliphatic imine (C=N–C) groups is 1. The van der Waals surface area contributed by atoms with Crippen LogP contribution in [0.25, 0.3) is 10.2 Å². The monoisotopic (exact) mass is 310 g/mol. The molecular formula is C16H26N2S2. The summed E-state index contributed by atoms with van der Waals surface area (Å²) in [6.45, 7) is 13.5. The molecule has 0 amide bonds. The zero-order valence-electron chi connectivity index (χ0n) is 13.4. The van der Waals surface area contributed by atoms with Gasteiger partial charge in [0.25, 0.3) is 0 Å². The molecule has 1 heterocycles. The van der Waals surface area contributed by atoms with Gasteiger partial charge in [0.1, 0.15) is 0 Å². The van der Waals surface area contributed by atoms with Gasteiger partial charge in [-0.15, -0.1) is 11.3 Å². The molecule has 1 aromatic carbocycles. The van der Waals surface area contributed by atoms with Gasteiger partial charge in [0.15, 0.2) is 0 Å². The third kappa shape index (κ3) is 9.75. The number of fused-ring (bicyclic) bond motifs is 1. The Morgan fingerprint density at radius 3 is 2.25 bits per heavy atom. The van der Waals surface area contributed by atoms with Crippen molar-refractivity contribution in [1.29, 1.82) is 0 Å². The lowest BCUT2D eigenvalue weighted by Gasteiger charge is -1.80. The van der Waals surface area contributed by atoms with Gasteiger partial charge in [-0.25, -0.2) is 4.98 Å². The molecule has 2 rings (SSSR count). The minimum Gasteiger partial charge on any atom is -0.289 e. The van der Waals surface area contributed by atoms with Crippen LogP contribution in [0.15, 0.2) is 41.2 Å². The third-order valence-electron chi connectivity index (χ3n) is 1.66. The minimum absolute atomic E-state index is 1.12. The molecule has 0 bridgehead atoms. The number of rotatable bonds is 2. The van der Waals surface area contributed by atoms with Crippen LogP contribution >= 0.6 is 23.1 Å². The van der Waals surface area contributed by atoms with Gasteiger partial charge in [-0.05, 0) is 24.5 Å². The van der Waals surface area contributed by atoms with Crippen molar-refractivity contribution in [2.45, 2.75) is 34.6 Å². The van der Waals surface area contributed by atoms with E-state index < -0.39 is 0 Å². The molecule has 112 valence electrons. The first-order valence-electron chi connectivity index (χ1n) is 6.77. The lowest BCUT2D eigenvalue weighted by atomic mass is 10.3. The summed E-state index contributed by atoms with van der Waals surface area (Å²) in [5.74, 6) is 0. The Labute approximate surface area is 132 Å². The molecule has 1 aromatic heterocycles. The Kier molecular flexibility index (Phi) is 16.9. The molecule has 0 atom stereocenters. The van der Waals surface area contributed by atoms with Gasteiger partial charge < -0.3 is 0 Å². The van der Waals surface area contributed by atoms with Crippen LogP contribution in [0, 0.1) is 6.92 Å². The number of para-hydroxylation sites is 1. The number of hydrogen-bond donors (Lipinski definition) is 0. The minimum atomic E-state index is 1.12. The molecular weight excluding hydrogens is 284 g/mol. The maximum Gasteiger partial charge on any atom is 0.0907 e. The summed E-state index contributed by atoms with van der Waals surface area (Å²) < 4.78 is 1.28. The van der Waals surface area contributed by atoms with Gasteiger partial charge >= 0.3 is 0 Å². The lowest BCUT2D eigenvalue weighted by molar-refractivity contribution is 1.35. The molecule has 2 aromatic rings. The number of benzene rings is 1. The van der Waals surface area contributed by atoms with Crippen molar-refractivity contribution in [2.24, 2.45) is 4.99 Å². The summed E-state index contributed by atoms with van der Waals surface area (Å²) >= 11 is 3.22. The van der Waals surface area contributed by atoms with E-state index in [0.29, 0.717) is 0 Å². The molecule has 0 spiro atoms. The molecule has 4 heteroatoms. The summed E-state index contributed by atoms with van der Waals surface area (Å²) in [5.41, 5.74) is 2.84. The van der Waals surface area contributed by atoms with Crippen LogP contribution in [0.3, 0.4) is 0 Å². The second-order valence-electron chi connectivity index (χ2n) is 2.87. The van der Waals surface area contributed by atoms with Gasteiger partial charge in [-0.3, -0.25) is 4.99 Å². The fourth-order valence-corrected chi connectivity index (χ4v) is 2.13. The van der Waals surface area contributed by atoms with Gasteiger partial charge in [0.2, 0.25) is 0 Å². The van der Waals surface area contributed by atoms with Gasteiger partial charge in [0, 0.05) is 7.05 Å². The maximum atomic E-state index is 4.33. The maximum absolute atomic E-state index is 4.33. The first kappa shape index (κ1) is 21.2. The van der Waals surface area contributed by atoms with E-state index in [1.807, 2.05) is 52.8 Å². The van der Waals surface area contributed by atoms with Crippen LogP contribution < -0.4 is 0 Å². The molecule has 0 fully saturated rings. The standard InChI is InChI=1S/C8H7NS.C4H7NS.2C2H6/c1-6-9-7-4-2-3-5-8(7)10-6;1-3-6-4-5-2;2*1-2/h2-5H,1H3;3-4H,1H2,2H3;2*1-2H3. The van der Waals surface area contributed by atoms with E-state index in [1.54, 1.807) is 29.3 Å². The molecule has 0 saturated carbocycles. The Balaban J connectivity index is 0. The van der Waals surface area contributed by atoms with Crippen molar-refractivity contribution in [3.63, 3.8) is 0 Å². The molecule has 0 unspecified atom stereocenters. The number of thiazole rings is 1. The zero-order valence-corrected chi connectivity index (χ0v) is 15.0. The fourth-order valence-electron chi connectivity index (χ4n) is 1.09. The van der Waals surface area contributed by atoms with Crippen LogP contribution in [0.2, 0.25) is 0 Å². The zero-order chi connectivity index (χ0) is 15.8. The van der Waals surface area contributed by atoms with Gasteiger partial charge in [-0.2, -0.15) is 0 Å². The molecule has 0 N–H and O–H groups in total. The smallest absolute Gasteiger partial charge is 0.0907 e. The predicted molar refractivity (Wildman–Crippen MR) is 99.3 cm³/mol. The Morgan fingerprint density at radius 2 is 1.80 bits per heavy atom. The van der Waals surface area contributed by atoms with Crippen molar-refractivity contribution in [3.8, 4) is 0 Å². The second kappa shape index (κ2) is 15.9. The number of thioether (sulfide) groups is 1. The van der Waals surface area contributed by atoms with Crippen LogP contribution in [0.1, 0.15) is 32.7 Å². The number of nitrogens with zero attached hydrogens (tertiary/aromatic N) is 2. The third-order valence-corrected chi connectivity index (χ3v) is 3.14. The van der Waals surface area contributed by atoms with Crippen molar-refractivity contribution < 1.29 is 0 Å². The summed E-state index contributed by atoms with van der Waals surface area (Å²) in [4.78, 5) is 8.02. The highest BCUT2D eigenvalue weighted by Gasteiger charge is 1.95. The summed E-state index contributed by atoms with van der Waals surface area (Å²) in [5, 5.41) is 2.87. The molecule has 0 aliphatic heterocycles. The number of aromatic nitrogens is 1. The van der Waals surface area contributed by atoms with Crippen LogP contribution in [-0.2, 0) is 0 Å². The molecule has 0 aliphatic rings. The SMILES string of the molecule is C=CSC=NC.CC.CC.Cc1nc2ccccc2s1. The lowest BCUT2D eigenvalue weighted by Crippen LogP contribution is -1.65.